The molecule has 1 N–H and O–H groups in total. The fourth-order valence-corrected chi connectivity index (χ4v) is 5.28. The quantitative estimate of drug-likeness (QED) is 0.391. The van der Waals surface area contributed by atoms with Gasteiger partial charge >= 0.3 is 6.18 Å². The van der Waals surface area contributed by atoms with Crippen molar-refractivity contribution < 1.29 is 17.9 Å². The van der Waals surface area contributed by atoms with Gasteiger partial charge in [-0.05, 0) is 49.7 Å². The number of amidine groups is 1. The molecular weight excluding hydrogens is 546 g/mol. The van der Waals surface area contributed by atoms with E-state index in [1.165, 1.54) is 5.56 Å². The summed E-state index contributed by atoms with van der Waals surface area (Å²) < 4.78 is 45.8. The van der Waals surface area contributed by atoms with Gasteiger partial charge in [0.1, 0.15) is 16.4 Å². The fraction of sp³-hybridized carbons (Fsp3) is 0.360. The summed E-state index contributed by atoms with van der Waals surface area (Å²) in [5.41, 5.74) is 2.84. The van der Waals surface area contributed by atoms with Crippen molar-refractivity contribution >= 4 is 58.4 Å². The Bertz CT molecular complexity index is 1240. The number of aromatic nitrogens is 1. The van der Waals surface area contributed by atoms with Crippen molar-refractivity contribution in [3.05, 3.63) is 64.8 Å². The summed E-state index contributed by atoms with van der Waals surface area (Å²) in [5.74, 6) is 1.32. The number of rotatable bonds is 4. The van der Waals surface area contributed by atoms with E-state index in [2.05, 4.69) is 39.3 Å². The SMILES string of the molecule is COc1ccc(CC[C@H]2CN(C3=Nc4ccccc4Nc4sc(C(F)(F)F)nc43)CCN2C)cc1.Cl.Cl. The van der Waals surface area contributed by atoms with Crippen LogP contribution in [0.15, 0.2) is 53.5 Å². The van der Waals surface area contributed by atoms with Crippen molar-refractivity contribution in [1.82, 2.24) is 14.8 Å². The zero-order valence-corrected chi connectivity index (χ0v) is 22.7. The third-order valence-corrected chi connectivity index (χ3v) is 7.48. The van der Waals surface area contributed by atoms with Gasteiger partial charge in [-0.2, -0.15) is 13.2 Å². The molecule has 200 valence electrons. The van der Waals surface area contributed by atoms with Gasteiger partial charge < -0.3 is 15.0 Å². The molecule has 0 spiro atoms. The molecule has 2 aromatic carbocycles. The molecule has 3 heterocycles. The average Bonchev–Trinajstić information content (AvgIpc) is 3.21. The van der Waals surface area contributed by atoms with Crippen LogP contribution in [-0.4, -0.2) is 60.5 Å². The van der Waals surface area contributed by atoms with Gasteiger partial charge in [-0.15, -0.1) is 24.8 Å². The Morgan fingerprint density at radius 3 is 2.51 bits per heavy atom. The minimum absolute atomic E-state index is 0. The van der Waals surface area contributed by atoms with Crippen LogP contribution in [0.3, 0.4) is 0 Å². The van der Waals surface area contributed by atoms with Gasteiger partial charge in [-0.3, -0.25) is 4.90 Å². The smallest absolute Gasteiger partial charge is 0.443 e. The first kappa shape index (κ1) is 29.0. The second kappa shape index (κ2) is 11.9. The molecule has 0 unspecified atom stereocenters. The maximum absolute atomic E-state index is 13.5. The second-order valence-electron chi connectivity index (χ2n) is 8.74. The van der Waals surface area contributed by atoms with E-state index in [0.29, 0.717) is 46.6 Å². The molecule has 0 radical (unpaired) electrons. The maximum Gasteiger partial charge on any atom is 0.443 e. The summed E-state index contributed by atoms with van der Waals surface area (Å²) in [4.78, 5) is 13.2. The minimum Gasteiger partial charge on any atom is -0.497 e. The fourth-order valence-electron chi connectivity index (χ4n) is 4.44. The number of likely N-dealkylation sites (N-methyl/N-ethyl adjacent to an activating group) is 1. The lowest BCUT2D eigenvalue weighted by Gasteiger charge is -2.40. The highest BCUT2D eigenvalue weighted by atomic mass is 35.5. The van der Waals surface area contributed by atoms with Crippen molar-refractivity contribution in [2.75, 3.05) is 39.1 Å². The van der Waals surface area contributed by atoms with Crippen LogP contribution >= 0.6 is 36.2 Å². The van der Waals surface area contributed by atoms with E-state index in [4.69, 9.17) is 9.73 Å². The van der Waals surface area contributed by atoms with Crippen LogP contribution in [0.25, 0.3) is 0 Å². The number of piperazine rings is 1. The van der Waals surface area contributed by atoms with E-state index >= 15 is 0 Å². The van der Waals surface area contributed by atoms with E-state index in [1.54, 1.807) is 7.11 Å². The number of aryl methyl sites for hydroxylation is 1. The lowest BCUT2D eigenvalue weighted by molar-refractivity contribution is -0.137. The Morgan fingerprint density at radius 1 is 1.08 bits per heavy atom. The highest BCUT2D eigenvalue weighted by Gasteiger charge is 2.39. The normalized spacial score (nSPS) is 17.3. The molecule has 0 amide bonds. The first-order chi connectivity index (χ1) is 16.8. The van der Waals surface area contributed by atoms with Crippen molar-refractivity contribution in [3.8, 4) is 5.75 Å². The third-order valence-electron chi connectivity index (χ3n) is 6.46. The van der Waals surface area contributed by atoms with E-state index in [-0.39, 0.29) is 36.5 Å². The van der Waals surface area contributed by atoms with Crippen LogP contribution in [-0.2, 0) is 12.6 Å². The van der Waals surface area contributed by atoms with Crippen LogP contribution in [0.5, 0.6) is 5.75 Å². The first-order valence-electron chi connectivity index (χ1n) is 11.4. The van der Waals surface area contributed by atoms with Gasteiger partial charge in [0, 0.05) is 25.7 Å². The molecule has 3 aromatic rings. The number of hydrogen-bond acceptors (Lipinski definition) is 7. The summed E-state index contributed by atoms with van der Waals surface area (Å²) in [6, 6.07) is 15.7. The van der Waals surface area contributed by atoms with E-state index in [9.17, 15) is 13.2 Å². The van der Waals surface area contributed by atoms with E-state index in [0.717, 1.165) is 25.1 Å². The van der Waals surface area contributed by atoms with E-state index in [1.807, 2.05) is 36.4 Å². The Morgan fingerprint density at radius 2 is 1.81 bits per heavy atom. The van der Waals surface area contributed by atoms with Gasteiger partial charge in [0.25, 0.3) is 0 Å². The van der Waals surface area contributed by atoms with Crippen molar-refractivity contribution in [1.29, 1.82) is 0 Å². The van der Waals surface area contributed by atoms with Crippen LogP contribution in [0.1, 0.15) is 22.7 Å². The van der Waals surface area contributed by atoms with Crippen LogP contribution in [0, 0.1) is 0 Å². The molecule has 0 bridgehead atoms. The Labute approximate surface area is 230 Å². The van der Waals surface area contributed by atoms with Gasteiger partial charge in [0.05, 0.1) is 18.5 Å². The molecule has 12 heteroatoms. The number of anilines is 2. The zero-order chi connectivity index (χ0) is 24.6. The van der Waals surface area contributed by atoms with Crippen LogP contribution in [0.4, 0.5) is 29.5 Å². The Balaban J connectivity index is 0.00000190. The van der Waals surface area contributed by atoms with Gasteiger partial charge in [0.15, 0.2) is 5.84 Å². The summed E-state index contributed by atoms with van der Waals surface area (Å²) in [5, 5.41) is 2.64. The predicted octanol–water partition coefficient (Wildman–Crippen LogP) is 6.40. The number of benzene rings is 2. The molecule has 1 aromatic heterocycles. The monoisotopic (exact) mass is 573 g/mol. The molecule has 0 aliphatic carbocycles. The predicted molar refractivity (Wildman–Crippen MR) is 147 cm³/mol. The number of alkyl halides is 3. The summed E-state index contributed by atoms with van der Waals surface area (Å²) >= 11 is 0.623. The number of fused-ring (bicyclic) bond motifs is 2. The summed E-state index contributed by atoms with van der Waals surface area (Å²) in [7, 11) is 3.74. The Hall–Kier alpha value is -2.53. The van der Waals surface area contributed by atoms with Crippen molar-refractivity contribution in [3.63, 3.8) is 0 Å². The average molecular weight is 575 g/mol. The number of nitrogens with one attached hydrogen (secondary N) is 1. The Kier molecular flexibility index (Phi) is 9.33. The molecule has 2 aliphatic rings. The molecule has 0 saturated carbocycles. The highest BCUT2D eigenvalue weighted by molar-refractivity contribution is 7.16. The number of hydrogen-bond donors (Lipinski definition) is 1. The lowest BCUT2D eigenvalue weighted by Crippen LogP contribution is -2.53. The third kappa shape index (κ3) is 6.31. The number of aliphatic imine (C=N–C) groups is 1. The number of ether oxygens (including phenoxy) is 1. The summed E-state index contributed by atoms with van der Waals surface area (Å²) in [6.07, 6.45) is -2.70. The van der Waals surface area contributed by atoms with Crippen LogP contribution < -0.4 is 10.1 Å². The van der Waals surface area contributed by atoms with E-state index < -0.39 is 11.2 Å². The zero-order valence-electron chi connectivity index (χ0n) is 20.3. The highest BCUT2D eigenvalue weighted by Crippen LogP contribution is 2.42. The molecular formula is C25H28Cl2F3N5OS. The lowest BCUT2D eigenvalue weighted by atomic mass is 10.0. The molecule has 6 nitrogen and oxygen atoms in total. The van der Waals surface area contributed by atoms with Crippen molar-refractivity contribution in [2.24, 2.45) is 4.99 Å². The topological polar surface area (TPSA) is 53.0 Å². The molecule has 1 saturated heterocycles. The molecule has 5 rings (SSSR count). The number of thiazole rings is 1. The van der Waals surface area contributed by atoms with Gasteiger partial charge in [0.2, 0.25) is 5.01 Å². The molecule has 1 fully saturated rings. The molecule has 1 atom stereocenters. The number of nitrogens with zero attached hydrogens (tertiary/aromatic N) is 4. The van der Waals surface area contributed by atoms with Gasteiger partial charge in [-0.1, -0.05) is 35.6 Å². The summed E-state index contributed by atoms with van der Waals surface area (Å²) in [6.45, 7) is 2.10. The number of halogens is 5. The standard InChI is InChI=1S/C25H26F3N5OS.2ClH/c1-32-13-14-33(15-17(32)10-7-16-8-11-18(34-2)12-9-16)22-21-23(35-24(31-21)25(26,27)28)30-20-6-4-3-5-19(20)29-22;;/h3-6,8-9,11-12,17,30H,7,10,13-15H2,1-2H3;2*1H/t17-;;/m0../s1. The number of para-hydroxylation sites is 2. The maximum atomic E-state index is 13.5. The number of methoxy groups -OCH3 is 1. The van der Waals surface area contributed by atoms with Crippen molar-refractivity contribution in [2.45, 2.75) is 25.1 Å². The largest absolute Gasteiger partial charge is 0.497 e. The second-order valence-corrected chi connectivity index (χ2v) is 9.74. The molecule has 2 aliphatic heterocycles. The first-order valence-corrected chi connectivity index (χ1v) is 12.2. The molecule has 37 heavy (non-hydrogen) atoms. The van der Waals surface area contributed by atoms with Gasteiger partial charge in [-0.25, -0.2) is 9.98 Å². The minimum atomic E-state index is -4.51. The van der Waals surface area contributed by atoms with Crippen LogP contribution in [0.2, 0.25) is 0 Å².